The first-order valence-corrected chi connectivity index (χ1v) is 6.75. The van der Waals surface area contributed by atoms with Gasteiger partial charge in [0, 0.05) is 30.4 Å². The van der Waals surface area contributed by atoms with Crippen LogP contribution in [0.1, 0.15) is 37.1 Å². The number of fused-ring (bicyclic) bond motifs is 2. The summed E-state index contributed by atoms with van der Waals surface area (Å²) in [7, 11) is 0. The van der Waals surface area contributed by atoms with Gasteiger partial charge in [-0.25, -0.2) is 0 Å². The van der Waals surface area contributed by atoms with E-state index >= 15 is 0 Å². The van der Waals surface area contributed by atoms with Gasteiger partial charge in [0.2, 0.25) is 0 Å². The van der Waals surface area contributed by atoms with E-state index in [1.807, 2.05) is 13.8 Å². The minimum atomic E-state index is -0.866. The summed E-state index contributed by atoms with van der Waals surface area (Å²) in [5.74, 6) is -0.785. The van der Waals surface area contributed by atoms with Crippen molar-refractivity contribution in [3.05, 3.63) is 23.0 Å². The molecule has 1 aromatic rings. The number of aromatic nitrogens is 1. The number of pyridine rings is 1. The molecule has 1 aliphatic rings. The summed E-state index contributed by atoms with van der Waals surface area (Å²) in [4.78, 5) is 17.4. The van der Waals surface area contributed by atoms with Crippen LogP contribution in [0.2, 0.25) is 0 Å². The van der Waals surface area contributed by atoms with Gasteiger partial charge in [-0.2, -0.15) is 0 Å². The molecule has 0 fully saturated rings. The third kappa shape index (κ3) is 2.48. The number of hydrogen-bond donors (Lipinski definition) is 3. The van der Waals surface area contributed by atoms with Gasteiger partial charge in [0.15, 0.2) is 0 Å². The van der Waals surface area contributed by atoms with Crippen LogP contribution in [0.15, 0.2) is 6.20 Å². The molecular formula is C14H20N2O4. The molecule has 110 valence electrons. The number of rotatable bonds is 5. The molecule has 0 aromatic carbocycles. The predicted molar refractivity (Wildman–Crippen MR) is 72.0 cm³/mol. The fourth-order valence-corrected chi connectivity index (χ4v) is 2.68. The second kappa shape index (κ2) is 5.76. The molecule has 6 heteroatoms. The fraction of sp³-hybridized carbons (Fsp3) is 0.571. The molecule has 3 N–H and O–H groups in total. The lowest BCUT2D eigenvalue weighted by atomic mass is 9.94. The van der Waals surface area contributed by atoms with Crippen molar-refractivity contribution in [1.29, 1.82) is 0 Å². The average Bonchev–Trinajstić information content (AvgIpc) is 2.39. The molecule has 2 bridgehead atoms. The van der Waals surface area contributed by atoms with E-state index in [2.05, 4.69) is 4.98 Å². The summed E-state index contributed by atoms with van der Waals surface area (Å²) in [6.45, 7) is 4.27. The first kappa shape index (κ1) is 14.7. The number of aliphatic carboxylic acids is 1. The lowest BCUT2D eigenvalue weighted by Gasteiger charge is -2.36. The highest BCUT2D eigenvalue weighted by molar-refractivity contribution is 5.74. The van der Waals surface area contributed by atoms with Crippen LogP contribution in [-0.4, -0.2) is 37.2 Å². The summed E-state index contributed by atoms with van der Waals surface area (Å²) >= 11 is 0. The van der Waals surface area contributed by atoms with Gasteiger partial charge in [0.1, 0.15) is 11.8 Å². The smallest absolute Gasteiger partial charge is 0.321 e. The number of nitrogens with zero attached hydrogens (tertiary/aromatic N) is 2. The van der Waals surface area contributed by atoms with Crippen molar-refractivity contribution in [2.75, 3.05) is 0 Å². The topological polar surface area (TPSA) is 93.9 Å². The molecule has 0 aliphatic carbocycles. The van der Waals surface area contributed by atoms with Gasteiger partial charge in [-0.15, -0.1) is 0 Å². The molecule has 2 atom stereocenters. The lowest BCUT2D eigenvalue weighted by molar-refractivity contribution is -0.146. The first-order valence-electron chi connectivity index (χ1n) is 6.75. The van der Waals surface area contributed by atoms with Crippen LogP contribution in [0, 0.1) is 5.92 Å². The summed E-state index contributed by atoms with van der Waals surface area (Å²) in [5, 5.41) is 28.8. The van der Waals surface area contributed by atoms with E-state index in [4.69, 9.17) is 0 Å². The molecule has 0 spiro atoms. The normalized spacial score (nSPS) is 17.8. The average molecular weight is 280 g/mol. The molecule has 2 heterocycles. The molecule has 20 heavy (non-hydrogen) atoms. The van der Waals surface area contributed by atoms with Gasteiger partial charge in [0.25, 0.3) is 0 Å². The Kier molecular flexibility index (Phi) is 4.25. The summed E-state index contributed by atoms with van der Waals surface area (Å²) < 4.78 is 0. The highest BCUT2D eigenvalue weighted by Crippen LogP contribution is 2.34. The third-order valence-electron chi connectivity index (χ3n) is 4.04. The Morgan fingerprint density at radius 1 is 1.50 bits per heavy atom. The van der Waals surface area contributed by atoms with Crippen LogP contribution in [0.3, 0.4) is 0 Å². The van der Waals surface area contributed by atoms with Crippen molar-refractivity contribution in [1.82, 2.24) is 9.88 Å². The zero-order valence-corrected chi connectivity index (χ0v) is 11.7. The number of hydrogen-bond acceptors (Lipinski definition) is 5. The number of carboxylic acid groups (broad SMARTS) is 1. The van der Waals surface area contributed by atoms with Crippen molar-refractivity contribution in [2.45, 2.75) is 46.0 Å². The molecule has 0 saturated heterocycles. The van der Waals surface area contributed by atoms with E-state index in [1.54, 1.807) is 11.1 Å². The van der Waals surface area contributed by atoms with E-state index in [9.17, 15) is 20.1 Å². The molecule has 0 saturated carbocycles. The minimum absolute atomic E-state index is 0.00349. The number of aromatic hydroxyl groups is 1. The standard InChI is InChI=1S/C14H20N2O4/c1-3-8(2)12(14(19)20)16-5-10-9(7-17)4-15-11(6-16)13(10)18/h4,8,12,17-18H,3,5-7H2,1-2H3,(H,19,20)/t8-,12-/m0/s1. The Morgan fingerprint density at radius 2 is 2.20 bits per heavy atom. The van der Waals surface area contributed by atoms with Crippen molar-refractivity contribution < 1.29 is 20.1 Å². The maximum absolute atomic E-state index is 11.5. The highest BCUT2D eigenvalue weighted by Gasteiger charge is 2.35. The van der Waals surface area contributed by atoms with Gasteiger partial charge >= 0.3 is 5.97 Å². The molecule has 0 radical (unpaired) electrons. The van der Waals surface area contributed by atoms with Gasteiger partial charge in [-0.3, -0.25) is 14.7 Å². The molecule has 0 amide bonds. The predicted octanol–water partition coefficient (Wildman–Crippen LogP) is 1.09. The summed E-state index contributed by atoms with van der Waals surface area (Å²) in [6.07, 6.45) is 2.30. The Labute approximate surface area is 117 Å². The lowest BCUT2D eigenvalue weighted by Crippen LogP contribution is -2.46. The van der Waals surface area contributed by atoms with Crippen LogP contribution in [0.25, 0.3) is 0 Å². The zero-order valence-electron chi connectivity index (χ0n) is 11.7. The Morgan fingerprint density at radius 3 is 2.75 bits per heavy atom. The van der Waals surface area contributed by atoms with Crippen molar-refractivity contribution >= 4 is 5.97 Å². The van der Waals surface area contributed by atoms with E-state index in [-0.39, 0.29) is 18.3 Å². The maximum Gasteiger partial charge on any atom is 0.321 e. The monoisotopic (exact) mass is 280 g/mol. The molecule has 6 nitrogen and oxygen atoms in total. The summed E-state index contributed by atoms with van der Waals surface area (Å²) in [6, 6.07) is -0.619. The zero-order chi connectivity index (χ0) is 14.9. The van der Waals surface area contributed by atoms with Crippen molar-refractivity contribution in [3.8, 4) is 5.75 Å². The van der Waals surface area contributed by atoms with Crippen LogP contribution >= 0.6 is 0 Å². The Bertz CT molecular complexity index is 518. The molecule has 2 rings (SSSR count). The quantitative estimate of drug-likeness (QED) is 0.747. The Balaban J connectivity index is 2.34. The molecule has 0 unspecified atom stereocenters. The number of carbonyl (C=O) groups is 1. The molecule has 1 aromatic heterocycles. The molecule has 1 aliphatic heterocycles. The van der Waals surface area contributed by atoms with Crippen LogP contribution in [-0.2, 0) is 24.5 Å². The van der Waals surface area contributed by atoms with Crippen molar-refractivity contribution in [2.24, 2.45) is 5.92 Å². The van der Waals surface area contributed by atoms with E-state index < -0.39 is 12.0 Å². The largest absolute Gasteiger partial charge is 0.506 e. The number of carboxylic acids is 1. The second-order valence-electron chi connectivity index (χ2n) is 5.29. The fourth-order valence-electron chi connectivity index (χ4n) is 2.68. The van der Waals surface area contributed by atoms with Crippen LogP contribution in [0.5, 0.6) is 5.75 Å². The molecular weight excluding hydrogens is 260 g/mol. The maximum atomic E-state index is 11.5. The van der Waals surface area contributed by atoms with E-state index in [0.29, 0.717) is 29.9 Å². The van der Waals surface area contributed by atoms with Gasteiger partial charge in [0.05, 0.1) is 12.3 Å². The van der Waals surface area contributed by atoms with E-state index in [1.165, 1.54) is 0 Å². The highest BCUT2D eigenvalue weighted by atomic mass is 16.4. The Hall–Kier alpha value is -1.66. The third-order valence-corrected chi connectivity index (χ3v) is 4.04. The van der Waals surface area contributed by atoms with Crippen LogP contribution in [0.4, 0.5) is 0 Å². The SMILES string of the molecule is CC[C@H](C)[C@@H](C(=O)O)N1Cc2ncc(CO)c(c2O)C1. The minimum Gasteiger partial charge on any atom is -0.506 e. The number of aliphatic hydroxyl groups excluding tert-OH is 1. The van der Waals surface area contributed by atoms with E-state index in [0.717, 1.165) is 6.42 Å². The van der Waals surface area contributed by atoms with Gasteiger partial charge in [-0.05, 0) is 5.92 Å². The van der Waals surface area contributed by atoms with Gasteiger partial charge in [-0.1, -0.05) is 20.3 Å². The summed E-state index contributed by atoms with van der Waals surface area (Å²) in [5.41, 5.74) is 1.60. The second-order valence-corrected chi connectivity index (χ2v) is 5.29. The van der Waals surface area contributed by atoms with Crippen molar-refractivity contribution in [3.63, 3.8) is 0 Å². The van der Waals surface area contributed by atoms with Crippen LogP contribution < -0.4 is 0 Å². The first-order chi connectivity index (χ1) is 9.49. The number of aliphatic hydroxyl groups is 1. The van der Waals surface area contributed by atoms with Gasteiger partial charge < -0.3 is 15.3 Å².